The molecule has 0 aliphatic heterocycles. The van der Waals surface area contributed by atoms with Crippen LogP contribution >= 0.6 is 0 Å². The number of nitrogens with zero attached hydrogens (tertiary/aromatic N) is 1. The molecule has 4 aromatic rings. The predicted octanol–water partition coefficient (Wildman–Crippen LogP) is 4.29. The first-order chi connectivity index (χ1) is 14.2. The molecule has 6 heteroatoms. The van der Waals surface area contributed by atoms with Crippen LogP contribution in [0.3, 0.4) is 0 Å². The number of aromatic amines is 1. The Morgan fingerprint density at radius 3 is 2.79 bits per heavy atom. The number of methoxy groups -OCH3 is 1. The van der Waals surface area contributed by atoms with Gasteiger partial charge in [0.2, 0.25) is 0 Å². The van der Waals surface area contributed by atoms with Gasteiger partial charge in [-0.15, -0.1) is 0 Å². The normalized spacial score (nSPS) is 10.7. The number of anilines is 2. The average molecular weight is 386 g/mol. The minimum absolute atomic E-state index is 0.183. The Labute approximate surface area is 168 Å². The quantitative estimate of drug-likeness (QED) is 0.443. The zero-order valence-corrected chi connectivity index (χ0v) is 16.1. The molecule has 2 heterocycles. The maximum Gasteiger partial charge on any atom is 0.269 e. The van der Waals surface area contributed by atoms with Crippen LogP contribution < -0.4 is 15.4 Å². The third kappa shape index (κ3) is 4.38. The minimum Gasteiger partial charge on any atom is -0.497 e. The Bertz CT molecular complexity index is 1120. The summed E-state index contributed by atoms with van der Waals surface area (Å²) < 4.78 is 5.22. The van der Waals surface area contributed by atoms with Crippen molar-refractivity contribution in [3.8, 4) is 5.75 Å². The van der Waals surface area contributed by atoms with E-state index in [1.807, 2.05) is 54.7 Å². The van der Waals surface area contributed by atoms with Gasteiger partial charge in [-0.1, -0.05) is 24.3 Å². The molecule has 0 fully saturated rings. The molecule has 0 aliphatic carbocycles. The molecule has 146 valence electrons. The maximum atomic E-state index is 12.4. The summed E-state index contributed by atoms with van der Waals surface area (Å²) in [7, 11) is 1.63. The maximum absolute atomic E-state index is 12.4. The molecule has 0 bridgehead atoms. The number of aromatic nitrogens is 2. The number of hydrogen-bond acceptors (Lipinski definition) is 4. The van der Waals surface area contributed by atoms with Crippen LogP contribution in [0.1, 0.15) is 16.1 Å². The molecule has 0 saturated heterocycles. The van der Waals surface area contributed by atoms with Crippen LogP contribution in [-0.2, 0) is 6.42 Å². The average Bonchev–Trinajstić information content (AvgIpc) is 3.17. The Kier molecular flexibility index (Phi) is 5.42. The van der Waals surface area contributed by atoms with Crippen molar-refractivity contribution in [2.24, 2.45) is 0 Å². The number of carbonyl (C=O) groups excluding carboxylic acids is 1. The van der Waals surface area contributed by atoms with E-state index in [1.165, 1.54) is 10.9 Å². The first kappa shape index (κ1) is 18.6. The number of nitrogens with one attached hydrogen (secondary N) is 3. The molecule has 0 unspecified atom stereocenters. The van der Waals surface area contributed by atoms with Crippen LogP contribution in [0.5, 0.6) is 5.75 Å². The first-order valence-electron chi connectivity index (χ1n) is 9.43. The van der Waals surface area contributed by atoms with Crippen LogP contribution in [0, 0.1) is 0 Å². The standard InChI is InChI=1S/C23H22N4O2/c1-29-19-6-4-5-17(13-19)27-18-9-10-22(26-15-18)23(28)24-12-11-16-14-25-21-8-3-2-7-20(16)21/h2-10,13-15,25,27H,11-12H2,1H3,(H,24,28). The highest BCUT2D eigenvalue weighted by atomic mass is 16.5. The third-order valence-electron chi connectivity index (χ3n) is 4.71. The van der Waals surface area contributed by atoms with Crippen LogP contribution in [0.2, 0.25) is 0 Å². The smallest absolute Gasteiger partial charge is 0.269 e. The molecule has 0 spiro atoms. The van der Waals surface area contributed by atoms with Gasteiger partial charge in [-0.25, -0.2) is 4.98 Å². The van der Waals surface area contributed by atoms with Crippen molar-refractivity contribution in [3.63, 3.8) is 0 Å². The number of para-hydroxylation sites is 1. The van der Waals surface area contributed by atoms with Crippen molar-refractivity contribution >= 4 is 28.2 Å². The summed E-state index contributed by atoms with van der Waals surface area (Å²) in [6, 6.07) is 19.3. The lowest BCUT2D eigenvalue weighted by Crippen LogP contribution is -2.26. The second-order valence-electron chi connectivity index (χ2n) is 6.65. The molecule has 0 saturated carbocycles. The van der Waals surface area contributed by atoms with Gasteiger partial charge in [-0.2, -0.15) is 0 Å². The fourth-order valence-electron chi connectivity index (χ4n) is 3.21. The zero-order chi connectivity index (χ0) is 20.1. The minimum atomic E-state index is -0.183. The summed E-state index contributed by atoms with van der Waals surface area (Å²) in [5.74, 6) is 0.590. The predicted molar refractivity (Wildman–Crippen MR) is 115 cm³/mol. The fraction of sp³-hybridized carbons (Fsp3) is 0.130. The molecule has 2 aromatic carbocycles. The Morgan fingerprint density at radius 2 is 1.97 bits per heavy atom. The molecule has 0 aliphatic rings. The Hall–Kier alpha value is -3.80. The summed E-state index contributed by atoms with van der Waals surface area (Å²) in [4.78, 5) is 19.9. The van der Waals surface area contributed by atoms with Gasteiger partial charge in [-0.3, -0.25) is 4.79 Å². The molecule has 0 radical (unpaired) electrons. The summed E-state index contributed by atoms with van der Waals surface area (Å²) in [5.41, 5.74) is 4.37. The number of hydrogen-bond donors (Lipinski definition) is 3. The number of ether oxygens (including phenoxy) is 1. The van der Waals surface area contributed by atoms with E-state index in [4.69, 9.17) is 4.74 Å². The molecule has 3 N–H and O–H groups in total. The second kappa shape index (κ2) is 8.48. The molecule has 6 nitrogen and oxygen atoms in total. The van der Waals surface area contributed by atoms with Crippen LogP contribution in [-0.4, -0.2) is 29.5 Å². The topological polar surface area (TPSA) is 79.0 Å². The van der Waals surface area contributed by atoms with Crippen molar-refractivity contribution < 1.29 is 9.53 Å². The number of pyridine rings is 1. The molecule has 4 rings (SSSR count). The number of benzene rings is 2. The number of H-pyrrole nitrogens is 1. The van der Waals surface area contributed by atoms with E-state index in [9.17, 15) is 4.79 Å². The van der Waals surface area contributed by atoms with Gasteiger partial charge in [0.25, 0.3) is 5.91 Å². The fourth-order valence-corrected chi connectivity index (χ4v) is 3.21. The lowest BCUT2D eigenvalue weighted by atomic mass is 10.1. The SMILES string of the molecule is COc1cccc(Nc2ccc(C(=O)NCCc3c[nH]c4ccccc34)nc2)c1. The largest absolute Gasteiger partial charge is 0.497 e. The highest BCUT2D eigenvalue weighted by molar-refractivity contribution is 5.92. The van der Waals surface area contributed by atoms with E-state index in [2.05, 4.69) is 26.7 Å². The van der Waals surface area contributed by atoms with Gasteiger partial charge >= 0.3 is 0 Å². The van der Waals surface area contributed by atoms with E-state index in [0.29, 0.717) is 12.2 Å². The van der Waals surface area contributed by atoms with Crippen molar-refractivity contribution in [1.82, 2.24) is 15.3 Å². The molecular formula is C23H22N4O2. The summed E-state index contributed by atoms with van der Waals surface area (Å²) >= 11 is 0. The van der Waals surface area contributed by atoms with E-state index in [1.54, 1.807) is 19.4 Å². The monoisotopic (exact) mass is 386 g/mol. The number of rotatable bonds is 7. The first-order valence-corrected chi connectivity index (χ1v) is 9.43. The van der Waals surface area contributed by atoms with Gasteiger partial charge in [0.05, 0.1) is 19.0 Å². The summed E-state index contributed by atoms with van der Waals surface area (Å²) in [5, 5.41) is 7.37. The molecule has 1 amide bonds. The third-order valence-corrected chi connectivity index (χ3v) is 4.71. The van der Waals surface area contributed by atoms with Crippen molar-refractivity contribution in [2.45, 2.75) is 6.42 Å². The zero-order valence-electron chi connectivity index (χ0n) is 16.1. The summed E-state index contributed by atoms with van der Waals surface area (Å²) in [6.45, 7) is 0.548. The van der Waals surface area contributed by atoms with Crippen molar-refractivity contribution in [2.75, 3.05) is 19.0 Å². The highest BCUT2D eigenvalue weighted by Gasteiger charge is 2.08. The molecule has 2 aromatic heterocycles. The second-order valence-corrected chi connectivity index (χ2v) is 6.65. The number of carbonyl (C=O) groups is 1. The lowest BCUT2D eigenvalue weighted by Gasteiger charge is -2.09. The summed E-state index contributed by atoms with van der Waals surface area (Å²) in [6.07, 6.45) is 4.40. The Morgan fingerprint density at radius 1 is 1.07 bits per heavy atom. The lowest BCUT2D eigenvalue weighted by molar-refractivity contribution is 0.0949. The van der Waals surface area contributed by atoms with Crippen LogP contribution in [0.15, 0.2) is 73.1 Å². The van der Waals surface area contributed by atoms with Gasteiger partial charge in [-0.05, 0) is 42.3 Å². The number of amides is 1. The van der Waals surface area contributed by atoms with E-state index in [-0.39, 0.29) is 5.91 Å². The van der Waals surface area contributed by atoms with Crippen LogP contribution in [0.25, 0.3) is 10.9 Å². The van der Waals surface area contributed by atoms with Crippen LogP contribution in [0.4, 0.5) is 11.4 Å². The number of fused-ring (bicyclic) bond motifs is 1. The van der Waals surface area contributed by atoms with Gasteiger partial charge in [0, 0.05) is 35.4 Å². The van der Waals surface area contributed by atoms with Gasteiger partial charge in [0.15, 0.2) is 0 Å². The van der Waals surface area contributed by atoms with Crippen molar-refractivity contribution in [1.29, 1.82) is 0 Å². The Balaban J connectivity index is 1.33. The van der Waals surface area contributed by atoms with E-state index in [0.717, 1.165) is 29.1 Å². The van der Waals surface area contributed by atoms with Crippen molar-refractivity contribution in [3.05, 3.63) is 84.3 Å². The van der Waals surface area contributed by atoms with Gasteiger partial charge in [0.1, 0.15) is 11.4 Å². The van der Waals surface area contributed by atoms with Gasteiger partial charge < -0.3 is 20.4 Å². The van der Waals surface area contributed by atoms with E-state index >= 15 is 0 Å². The molecule has 29 heavy (non-hydrogen) atoms. The molecule has 0 atom stereocenters. The highest BCUT2D eigenvalue weighted by Crippen LogP contribution is 2.21. The molecular weight excluding hydrogens is 364 g/mol. The van der Waals surface area contributed by atoms with E-state index < -0.39 is 0 Å².